The van der Waals surface area contributed by atoms with Crippen LogP contribution >= 0.6 is 0 Å². The Morgan fingerprint density at radius 3 is 2.22 bits per heavy atom. The Kier molecular flexibility index (Phi) is 7.43. The van der Waals surface area contributed by atoms with Gasteiger partial charge in [-0.1, -0.05) is 35.5 Å². The molecule has 1 atom stereocenters. The van der Waals surface area contributed by atoms with Crippen LogP contribution in [0.25, 0.3) is 10.8 Å². The predicted octanol–water partition coefficient (Wildman–Crippen LogP) is 5.18. The van der Waals surface area contributed by atoms with Crippen LogP contribution in [-0.4, -0.2) is 46.2 Å². The number of carbonyl (C=O) groups excluding carboxylic acids is 2. The van der Waals surface area contributed by atoms with Crippen molar-refractivity contribution in [3.63, 3.8) is 0 Å². The smallest absolute Gasteiger partial charge is 0.372 e. The number of aryl methyl sites for hydroxylation is 1. The van der Waals surface area contributed by atoms with E-state index < -0.39 is 66.7 Å². The summed E-state index contributed by atoms with van der Waals surface area (Å²) in [5.74, 6) is -2.15. The molecule has 220 valence electrons. The third-order valence-electron chi connectivity index (χ3n) is 6.09. The van der Waals surface area contributed by atoms with E-state index in [9.17, 15) is 49.1 Å². The number of aromatic nitrogens is 2. The van der Waals surface area contributed by atoms with Crippen LogP contribution in [-0.2, 0) is 33.3 Å². The fraction of sp³-hybridized carbons (Fsp3) is 0.333. The standard InChI is InChI=1S/C24H18F9N5O3/c1-38-18(8-17(36-38)23(28,29)30)21(24(31,32)33)10-16(37-41-21)14-6-7-15(13-5-3-2-4-12(13)14)35-20(40)9-19(39)34-11-22(25,26)27/h2-8H,9-11H2,1H3,(H,34,39)(H,35,40). The molecule has 2 aromatic carbocycles. The van der Waals surface area contributed by atoms with E-state index in [-0.39, 0.29) is 33.8 Å². The second-order valence-electron chi connectivity index (χ2n) is 8.99. The number of oxime groups is 1. The Balaban J connectivity index is 1.63. The first kappa shape index (κ1) is 29.7. The van der Waals surface area contributed by atoms with Gasteiger partial charge in [0.2, 0.25) is 11.8 Å². The third kappa shape index (κ3) is 6.07. The van der Waals surface area contributed by atoms with Crippen molar-refractivity contribution in [3.05, 3.63) is 59.4 Å². The summed E-state index contributed by atoms with van der Waals surface area (Å²) in [6.07, 6.45) is -16.9. The molecule has 0 radical (unpaired) electrons. The maximum atomic E-state index is 14.4. The van der Waals surface area contributed by atoms with E-state index in [2.05, 4.69) is 15.6 Å². The molecule has 4 rings (SSSR count). The monoisotopic (exact) mass is 595 g/mol. The lowest BCUT2D eigenvalue weighted by molar-refractivity contribution is -0.278. The fourth-order valence-electron chi connectivity index (χ4n) is 4.26. The van der Waals surface area contributed by atoms with Gasteiger partial charge in [0.1, 0.15) is 13.0 Å². The van der Waals surface area contributed by atoms with Gasteiger partial charge in [-0.05, 0) is 17.5 Å². The molecule has 2 amide bonds. The van der Waals surface area contributed by atoms with Crippen molar-refractivity contribution in [2.45, 2.75) is 37.0 Å². The molecule has 1 aromatic heterocycles. The van der Waals surface area contributed by atoms with Gasteiger partial charge in [0.05, 0.1) is 17.8 Å². The SMILES string of the molecule is Cn1nc(C(F)(F)F)cc1C1(C(F)(F)F)CC(c2ccc(NC(=O)CC(=O)NCC(F)(F)F)c3ccccc23)=NO1. The summed E-state index contributed by atoms with van der Waals surface area (Å²) in [7, 11) is 0.912. The van der Waals surface area contributed by atoms with E-state index in [4.69, 9.17) is 4.84 Å². The van der Waals surface area contributed by atoms with Gasteiger partial charge in [0, 0.05) is 23.7 Å². The van der Waals surface area contributed by atoms with E-state index in [1.165, 1.54) is 36.4 Å². The fourth-order valence-corrected chi connectivity index (χ4v) is 4.26. The zero-order valence-electron chi connectivity index (χ0n) is 20.6. The molecule has 17 heteroatoms. The Morgan fingerprint density at radius 1 is 0.976 bits per heavy atom. The highest BCUT2D eigenvalue weighted by Gasteiger charge is 2.64. The molecule has 1 aliphatic heterocycles. The summed E-state index contributed by atoms with van der Waals surface area (Å²) in [4.78, 5) is 28.8. The molecule has 0 bridgehead atoms. The van der Waals surface area contributed by atoms with E-state index >= 15 is 0 Å². The summed E-state index contributed by atoms with van der Waals surface area (Å²) >= 11 is 0. The van der Waals surface area contributed by atoms with Crippen molar-refractivity contribution < 1.29 is 53.9 Å². The highest BCUT2D eigenvalue weighted by Crippen LogP contribution is 2.50. The molecule has 1 aliphatic rings. The molecular formula is C24H18F9N5O3. The zero-order chi connectivity index (χ0) is 30.4. The number of rotatable bonds is 6. The van der Waals surface area contributed by atoms with E-state index in [1.807, 2.05) is 0 Å². The molecule has 0 saturated carbocycles. The lowest BCUT2D eigenvalue weighted by atomic mass is 9.88. The number of nitrogens with one attached hydrogen (secondary N) is 2. The molecular weight excluding hydrogens is 577 g/mol. The molecule has 1 unspecified atom stereocenters. The van der Waals surface area contributed by atoms with Gasteiger partial charge in [0.25, 0.3) is 5.60 Å². The lowest BCUT2D eigenvalue weighted by Gasteiger charge is -2.29. The zero-order valence-corrected chi connectivity index (χ0v) is 20.6. The van der Waals surface area contributed by atoms with Crippen LogP contribution in [0, 0.1) is 0 Å². The van der Waals surface area contributed by atoms with Gasteiger partial charge in [-0.25, -0.2) is 0 Å². The molecule has 3 aromatic rings. The number of fused-ring (bicyclic) bond motifs is 1. The number of benzene rings is 2. The third-order valence-corrected chi connectivity index (χ3v) is 6.09. The summed E-state index contributed by atoms with van der Waals surface area (Å²) in [6, 6.07) is 8.78. The van der Waals surface area contributed by atoms with E-state index in [1.54, 1.807) is 5.32 Å². The molecule has 41 heavy (non-hydrogen) atoms. The van der Waals surface area contributed by atoms with Crippen molar-refractivity contribution in [2.24, 2.45) is 12.2 Å². The minimum Gasteiger partial charge on any atom is -0.372 e. The normalized spacial score (nSPS) is 17.8. The number of hydrogen-bond acceptors (Lipinski definition) is 5. The van der Waals surface area contributed by atoms with Gasteiger partial charge in [0.15, 0.2) is 5.69 Å². The quantitative estimate of drug-likeness (QED) is 0.303. The minimum absolute atomic E-state index is 0.0843. The number of carbonyl (C=O) groups is 2. The summed E-state index contributed by atoms with van der Waals surface area (Å²) in [5.41, 5.74) is -5.84. The summed E-state index contributed by atoms with van der Waals surface area (Å²) in [6.45, 7) is -1.63. The molecule has 2 N–H and O–H groups in total. The van der Waals surface area contributed by atoms with Crippen molar-refractivity contribution in [1.82, 2.24) is 15.1 Å². The summed E-state index contributed by atoms with van der Waals surface area (Å²) < 4.78 is 120. The van der Waals surface area contributed by atoms with Gasteiger partial charge in [-0.15, -0.1) is 0 Å². The Bertz CT molecular complexity index is 1530. The van der Waals surface area contributed by atoms with Gasteiger partial charge in [-0.2, -0.15) is 44.6 Å². The number of hydrogen-bond donors (Lipinski definition) is 2. The molecule has 0 spiro atoms. The molecule has 0 aliphatic carbocycles. The van der Waals surface area contributed by atoms with Crippen LogP contribution < -0.4 is 10.6 Å². The first-order chi connectivity index (χ1) is 18.9. The van der Waals surface area contributed by atoms with Crippen molar-refractivity contribution in [1.29, 1.82) is 0 Å². The summed E-state index contributed by atoms with van der Waals surface area (Å²) in [5, 5.41) is 11.2. The van der Waals surface area contributed by atoms with Crippen LogP contribution in [0.1, 0.15) is 29.8 Å². The largest absolute Gasteiger partial charge is 0.437 e. The average molecular weight is 595 g/mol. The van der Waals surface area contributed by atoms with Crippen LogP contribution in [0.3, 0.4) is 0 Å². The second kappa shape index (κ2) is 10.3. The first-order valence-corrected chi connectivity index (χ1v) is 11.5. The van der Waals surface area contributed by atoms with E-state index in [0.717, 1.165) is 7.05 Å². The highest BCUT2D eigenvalue weighted by atomic mass is 19.4. The molecule has 8 nitrogen and oxygen atoms in total. The predicted molar refractivity (Wildman–Crippen MR) is 124 cm³/mol. The second-order valence-corrected chi connectivity index (χ2v) is 8.99. The molecule has 0 saturated heterocycles. The number of alkyl halides is 9. The maximum Gasteiger partial charge on any atom is 0.437 e. The Labute approximate surface area is 224 Å². The van der Waals surface area contributed by atoms with Crippen LogP contribution in [0.2, 0.25) is 0 Å². The topological polar surface area (TPSA) is 97.6 Å². The van der Waals surface area contributed by atoms with Gasteiger partial charge >= 0.3 is 18.5 Å². The van der Waals surface area contributed by atoms with Crippen molar-refractivity contribution in [3.8, 4) is 0 Å². The van der Waals surface area contributed by atoms with Gasteiger partial charge in [-0.3, -0.25) is 14.3 Å². The lowest BCUT2D eigenvalue weighted by Crippen LogP contribution is -2.44. The molecule has 0 fully saturated rings. The van der Waals surface area contributed by atoms with E-state index in [0.29, 0.717) is 4.68 Å². The van der Waals surface area contributed by atoms with Crippen molar-refractivity contribution >= 4 is 34.0 Å². The number of anilines is 1. The van der Waals surface area contributed by atoms with Crippen LogP contribution in [0.15, 0.2) is 47.6 Å². The van der Waals surface area contributed by atoms with Gasteiger partial charge < -0.3 is 15.5 Å². The van der Waals surface area contributed by atoms with Crippen LogP contribution in [0.5, 0.6) is 0 Å². The maximum absolute atomic E-state index is 14.4. The number of amides is 2. The number of halogens is 9. The molecule has 2 heterocycles. The van der Waals surface area contributed by atoms with Crippen molar-refractivity contribution in [2.75, 3.05) is 11.9 Å². The first-order valence-electron chi connectivity index (χ1n) is 11.5. The highest BCUT2D eigenvalue weighted by molar-refractivity contribution is 6.16. The Morgan fingerprint density at radius 2 is 1.63 bits per heavy atom. The number of nitrogens with zero attached hydrogens (tertiary/aromatic N) is 3. The minimum atomic E-state index is -5.22. The van der Waals surface area contributed by atoms with Crippen LogP contribution in [0.4, 0.5) is 45.2 Å². The Hall–Kier alpha value is -4.31. The average Bonchev–Trinajstić information content (AvgIpc) is 3.47.